The molecule has 5 heteroatoms. The van der Waals surface area contributed by atoms with E-state index >= 15 is 0 Å². The van der Waals surface area contributed by atoms with Crippen molar-refractivity contribution in [2.75, 3.05) is 5.73 Å². The Kier molecular flexibility index (Phi) is 2.37. The standard InChI is InChI=1S/C13H12N4O/c1-9-7-15-17(8-9)11-4-2-3-10(5-11)12-6-13(14)18-16-12/h2-8H,14H2,1H3. The van der Waals surface area contributed by atoms with Crippen LogP contribution in [-0.4, -0.2) is 14.9 Å². The first kappa shape index (κ1) is 10.6. The first-order valence-electron chi connectivity index (χ1n) is 5.57. The zero-order chi connectivity index (χ0) is 12.5. The van der Waals surface area contributed by atoms with Crippen LogP contribution in [0.1, 0.15) is 5.56 Å². The van der Waals surface area contributed by atoms with Gasteiger partial charge in [0.05, 0.1) is 11.9 Å². The van der Waals surface area contributed by atoms with Crippen LogP contribution in [0.3, 0.4) is 0 Å². The van der Waals surface area contributed by atoms with Crippen LogP contribution in [0, 0.1) is 6.92 Å². The topological polar surface area (TPSA) is 69.9 Å². The summed E-state index contributed by atoms with van der Waals surface area (Å²) in [6.07, 6.45) is 3.79. The van der Waals surface area contributed by atoms with Gasteiger partial charge in [-0.05, 0) is 24.6 Å². The molecule has 5 nitrogen and oxygen atoms in total. The molecule has 0 aliphatic heterocycles. The summed E-state index contributed by atoms with van der Waals surface area (Å²) >= 11 is 0. The Morgan fingerprint density at radius 1 is 1.28 bits per heavy atom. The number of benzene rings is 1. The fraction of sp³-hybridized carbons (Fsp3) is 0.0769. The molecule has 3 rings (SSSR count). The van der Waals surface area contributed by atoms with Gasteiger partial charge in [-0.2, -0.15) is 5.10 Å². The van der Waals surface area contributed by atoms with E-state index < -0.39 is 0 Å². The lowest BCUT2D eigenvalue weighted by molar-refractivity contribution is 0.439. The molecule has 0 bridgehead atoms. The molecule has 1 aromatic carbocycles. The van der Waals surface area contributed by atoms with Gasteiger partial charge in [0.25, 0.3) is 0 Å². The van der Waals surface area contributed by atoms with E-state index in [0.717, 1.165) is 22.5 Å². The average molecular weight is 240 g/mol. The Morgan fingerprint density at radius 3 is 2.83 bits per heavy atom. The molecule has 18 heavy (non-hydrogen) atoms. The first-order valence-corrected chi connectivity index (χ1v) is 5.57. The van der Waals surface area contributed by atoms with Crippen molar-refractivity contribution in [3.8, 4) is 16.9 Å². The molecule has 0 spiro atoms. The van der Waals surface area contributed by atoms with Crippen LogP contribution in [0.4, 0.5) is 5.88 Å². The van der Waals surface area contributed by atoms with Crippen molar-refractivity contribution in [3.05, 3.63) is 48.3 Å². The van der Waals surface area contributed by atoms with Crippen molar-refractivity contribution in [2.24, 2.45) is 0 Å². The zero-order valence-corrected chi connectivity index (χ0v) is 9.87. The third kappa shape index (κ3) is 1.86. The number of aryl methyl sites for hydroxylation is 1. The third-order valence-corrected chi connectivity index (χ3v) is 2.65. The molecule has 0 aliphatic carbocycles. The van der Waals surface area contributed by atoms with E-state index in [-0.39, 0.29) is 0 Å². The lowest BCUT2D eigenvalue weighted by Gasteiger charge is -2.02. The normalized spacial score (nSPS) is 10.7. The van der Waals surface area contributed by atoms with E-state index in [1.165, 1.54) is 0 Å². The van der Waals surface area contributed by atoms with Gasteiger partial charge in [-0.25, -0.2) is 4.68 Å². The van der Waals surface area contributed by atoms with Gasteiger partial charge < -0.3 is 10.3 Å². The molecule has 3 aromatic rings. The Hall–Kier alpha value is -2.56. The maximum atomic E-state index is 5.52. The summed E-state index contributed by atoms with van der Waals surface area (Å²) in [5, 5.41) is 8.17. The monoisotopic (exact) mass is 240 g/mol. The number of aromatic nitrogens is 3. The highest BCUT2D eigenvalue weighted by Gasteiger charge is 2.06. The Labute approximate surface area is 104 Å². The minimum absolute atomic E-state index is 0.310. The summed E-state index contributed by atoms with van der Waals surface area (Å²) < 4.78 is 6.70. The van der Waals surface area contributed by atoms with E-state index in [9.17, 15) is 0 Å². The lowest BCUT2D eigenvalue weighted by Crippen LogP contribution is -1.94. The number of hydrogen-bond donors (Lipinski definition) is 1. The van der Waals surface area contributed by atoms with Gasteiger partial charge in [0, 0.05) is 17.8 Å². The van der Waals surface area contributed by atoms with Crippen molar-refractivity contribution in [2.45, 2.75) is 6.92 Å². The van der Waals surface area contributed by atoms with Gasteiger partial charge in [-0.3, -0.25) is 0 Å². The van der Waals surface area contributed by atoms with Crippen molar-refractivity contribution in [1.82, 2.24) is 14.9 Å². The third-order valence-electron chi connectivity index (χ3n) is 2.65. The number of hydrogen-bond acceptors (Lipinski definition) is 4. The van der Waals surface area contributed by atoms with Crippen LogP contribution in [0.25, 0.3) is 16.9 Å². The molecule has 0 radical (unpaired) electrons. The van der Waals surface area contributed by atoms with E-state index in [1.807, 2.05) is 48.3 Å². The lowest BCUT2D eigenvalue weighted by atomic mass is 10.1. The van der Waals surface area contributed by atoms with Crippen molar-refractivity contribution in [3.63, 3.8) is 0 Å². The smallest absolute Gasteiger partial charge is 0.222 e. The summed E-state index contributed by atoms with van der Waals surface area (Å²) in [6, 6.07) is 9.58. The Balaban J connectivity index is 2.04. The first-order chi connectivity index (χ1) is 8.72. The van der Waals surface area contributed by atoms with Crippen LogP contribution in [0.15, 0.2) is 47.2 Å². The largest absolute Gasteiger partial charge is 0.368 e. The predicted octanol–water partition coefficient (Wildman–Crippen LogP) is 2.42. The van der Waals surface area contributed by atoms with E-state index in [0.29, 0.717) is 5.88 Å². The Morgan fingerprint density at radius 2 is 2.17 bits per heavy atom. The molecule has 0 aliphatic rings. The molecule has 0 saturated carbocycles. The van der Waals surface area contributed by atoms with Gasteiger partial charge in [-0.15, -0.1) is 0 Å². The number of nitrogens with zero attached hydrogens (tertiary/aromatic N) is 3. The summed E-state index contributed by atoms with van der Waals surface area (Å²) in [5.74, 6) is 0.310. The van der Waals surface area contributed by atoms with Crippen LogP contribution < -0.4 is 5.73 Å². The summed E-state index contributed by atoms with van der Waals surface area (Å²) in [5.41, 5.74) is 9.28. The van der Waals surface area contributed by atoms with E-state index in [4.69, 9.17) is 10.3 Å². The summed E-state index contributed by atoms with van der Waals surface area (Å²) in [4.78, 5) is 0. The fourth-order valence-electron chi connectivity index (χ4n) is 1.79. The molecular weight excluding hydrogens is 228 g/mol. The highest BCUT2D eigenvalue weighted by molar-refractivity contribution is 5.63. The quantitative estimate of drug-likeness (QED) is 0.746. The molecule has 0 atom stereocenters. The van der Waals surface area contributed by atoms with Crippen molar-refractivity contribution < 1.29 is 4.52 Å². The highest BCUT2D eigenvalue weighted by Crippen LogP contribution is 2.22. The van der Waals surface area contributed by atoms with Crippen LogP contribution >= 0.6 is 0 Å². The van der Waals surface area contributed by atoms with Gasteiger partial charge in [-0.1, -0.05) is 17.3 Å². The molecule has 0 fully saturated rings. The molecule has 2 aromatic heterocycles. The molecule has 90 valence electrons. The van der Waals surface area contributed by atoms with Gasteiger partial charge in [0.1, 0.15) is 5.69 Å². The Bertz CT molecular complexity index is 628. The number of nitrogen functional groups attached to an aromatic ring is 1. The molecular formula is C13H12N4O. The maximum absolute atomic E-state index is 5.52. The maximum Gasteiger partial charge on any atom is 0.222 e. The second kappa shape index (κ2) is 4.03. The molecule has 0 amide bonds. The number of anilines is 1. The fourth-order valence-corrected chi connectivity index (χ4v) is 1.79. The van der Waals surface area contributed by atoms with Crippen LogP contribution in [0.5, 0.6) is 0 Å². The SMILES string of the molecule is Cc1cnn(-c2cccc(-c3cc(N)on3)c2)c1. The van der Waals surface area contributed by atoms with Crippen molar-refractivity contribution >= 4 is 5.88 Å². The second-order valence-corrected chi connectivity index (χ2v) is 4.13. The summed E-state index contributed by atoms with van der Waals surface area (Å²) in [6.45, 7) is 2.01. The highest BCUT2D eigenvalue weighted by atomic mass is 16.5. The molecule has 2 N–H and O–H groups in total. The summed E-state index contributed by atoms with van der Waals surface area (Å²) in [7, 11) is 0. The van der Waals surface area contributed by atoms with Gasteiger partial charge >= 0.3 is 0 Å². The minimum Gasteiger partial charge on any atom is -0.368 e. The predicted molar refractivity (Wildman–Crippen MR) is 68.2 cm³/mol. The van der Waals surface area contributed by atoms with Crippen LogP contribution in [-0.2, 0) is 0 Å². The second-order valence-electron chi connectivity index (χ2n) is 4.13. The number of nitrogens with two attached hydrogens (primary N) is 1. The van der Waals surface area contributed by atoms with Gasteiger partial charge in [0.15, 0.2) is 0 Å². The number of rotatable bonds is 2. The minimum atomic E-state index is 0.310. The van der Waals surface area contributed by atoms with E-state index in [2.05, 4.69) is 10.3 Å². The molecule has 0 saturated heterocycles. The molecule has 2 heterocycles. The van der Waals surface area contributed by atoms with Gasteiger partial charge in [0.2, 0.25) is 5.88 Å². The van der Waals surface area contributed by atoms with E-state index in [1.54, 1.807) is 6.07 Å². The van der Waals surface area contributed by atoms with Crippen LogP contribution in [0.2, 0.25) is 0 Å². The zero-order valence-electron chi connectivity index (χ0n) is 9.87. The van der Waals surface area contributed by atoms with Crippen molar-refractivity contribution in [1.29, 1.82) is 0 Å². The average Bonchev–Trinajstić information content (AvgIpc) is 2.98. The molecule has 0 unspecified atom stereocenters.